The summed E-state index contributed by atoms with van der Waals surface area (Å²) in [5.74, 6) is 0. The van der Waals surface area contributed by atoms with E-state index in [1.165, 1.54) is 17.8 Å². The highest BCUT2D eigenvalue weighted by Crippen LogP contribution is 2.28. The van der Waals surface area contributed by atoms with Crippen molar-refractivity contribution in [1.82, 2.24) is 19.4 Å². The Balaban J connectivity index is 2.06. The SMILES string of the molecule is Cc1cc(=O)[nH]c(Sc2nc3ccccn3c2CCN)n1. The number of nitrogens with two attached hydrogens (primary N) is 1. The number of aromatic amines is 1. The fourth-order valence-corrected chi connectivity index (χ4v) is 3.14. The maximum atomic E-state index is 11.5. The second kappa shape index (κ2) is 5.71. The first-order chi connectivity index (χ1) is 10.2. The number of rotatable bonds is 4. The molecule has 0 radical (unpaired) electrons. The van der Waals surface area contributed by atoms with Crippen LogP contribution in [0.5, 0.6) is 0 Å². The summed E-state index contributed by atoms with van der Waals surface area (Å²) in [6, 6.07) is 7.30. The molecule has 0 aliphatic rings. The van der Waals surface area contributed by atoms with Gasteiger partial charge in [0.25, 0.3) is 5.56 Å². The molecule has 0 aromatic carbocycles. The molecular formula is C14H15N5OS. The van der Waals surface area contributed by atoms with E-state index in [1.807, 2.05) is 28.8 Å². The zero-order valence-corrected chi connectivity index (χ0v) is 12.4. The summed E-state index contributed by atoms with van der Waals surface area (Å²) in [5.41, 5.74) is 8.11. The van der Waals surface area contributed by atoms with Crippen molar-refractivity contribution in [3.05, 3.63) is 52.2 Å². The van der Waals surface area contributed by atoms with Crippen molar-refractivity contribution in [3.63, 3.8) is 0 Å². The fraction of sp³-hybridized carbons (Fsp3) is 0.214. The number of aromatic nitrogens is 4. The first kappa shape index (κ1) is 13.8. The van der Waals surface area contributed by atoms with Crippen LogP contribution in [0.1, 0.15) is 11.4 Å². The molecule has 0 aliphatic carbocycles. The van der Waals surface area contributed by atoms with Gasteiger partial charge in [-0.1, -0.05) is 6.07 Å². The minimum atomic E-state index is -0.158. The highest BCUT2D eigenvalue weighted by atomic mass is 32.2. The maximum absolute atomic E-state index is 11.5. The average molecular weight is 301 g/mol. The number of imidazole rings is 1. The van der Waals surface area contributed by atoms with Gasteiger partial charge in [-0.25, -0.2) is 9.97 Å². The van der Waals surface area contributed by atoms with Crippen LogP contribution in [-0.4, -0.2) is 25.9 Å². The molecule has 6 nitrogen and oxygen atoms in total. The number of nitrogens with one attached hydrogen (secondary N) is 1. The van der Waals surface area contributed by atoms with E-state index in [4.69, 9.17) is 5.73 Å². The van der Waals surface area contributed by atoms with E-state index >= 15 is 0 Å². The third kappa shape index (κ3) is 2.84. The molecule has 0 saturated heterocycles. The van der Waals surface area contributed by atoms with E-state index in [2.05, 4.69) is 15.0 Å². The zero-order chi connectivity index (χ0) is 14.8. The predicted octanol–water partition coefficient (Wildman–Crippen LogP) is 1.38. The van der Waals surface area contributed by atoms with E-state index in [9.17, 15) is 4.79 Å². The quantitative estimate of drug-likeness (QED) is 0.711. The monoisotopic (exact) mass is 301 g/mol. The van der Waals surface area contributed by atoms with Crippen LogP contribution in [0.15, 0.2) is 45.4 Å². The van der Waals surface area contributed by atoms with Crippen molar-refractivity contribution in [1.29, 1.82) is 0 Å². The van der Waals surface area contributed by atoms with E-state index in [1.54, 1.807) is 6.92 Å². The molecule has 3 aromatic rings. The largest absolute Gasteiger partial charge is 0.330 e. The van der Waals surface area contributed by atoms with E-state index in [0.717, 1.165) is 16.4 Å². The number of nitrogens with zero attached hydrogens (tertiary/aromatic N) is 3. The van der Waals surface area contributed by atoms with Crippen molar-refractivity contribution in [2.45, 2.75) is 23.5 Å². The molecule has 0 bridgehead atoms. The summed E-state index contributed by atoms with van der Waals surface area (Å²) in [6.45, 7) is 2.33. The second-order valence-corrected chi connectivity index (χ2v) is 5.60. The Hall–Kier alpha value is -2.12. The zero-order valence-electron chi connectivity index (χ0n) is 11.5. The third-order valence-corrected chi connectivity index (χ3v) is 3.92. The Bertz CT molecular complexity index is 839. The van der Waals surface area contributed by atoms with Crippen molar-refractivity contribution in [3.8, 4) is 0 Å². The lowest BCUT2D eigenvalue weighted by atomic mass is 10.3. The molecule has 0 saturated carbocycles. The van der Waals surface area contributed by atoms with Crippen LogP contribution in [0.4, 0.5) is 0 Å². The van der Waals surface area contributed by atoms with Gasteiger partial charge in [-0.05, 0) is 37.4 Å². The number of H-pyrrole nitrogens is 1. The molecule has 0 unspecified atom stereocenters. The molecule has 3 rings (SSSR count). The number of hydrogen-bond donors (Lipinski definition) is 2. The van der Waals surface area contributed by atoms with Crippen LogP contribution in [0, 0.1) is 6.92 Å². The molecule has 0 fully saturated rings. The summed E-state index contributed by atoms with van der Waals surface area (Å²) in [4.78, 5) is 23.2. The molecule has 0 atom stereocenters. The van der Waals surface area contributed by atoms with Gasteiger partial charge in [0.1, 0.15) is 10.7 Å². The van der Waals surface area contributed by atoms with E-state index < -0.39 is 0 Å². The van der Waals surface area contributed by atoms with Gasteiger partial charge >= 0.3 is 0 Å². The van der Waals surface area contributed by atoms with Crippen molar-refractivity contribution in [2.24, 2.45) is 5.73 Å². The predicted molar refractivity (Wildman–Crippen MR) is 81.7 cm³/mol. The topological polar surface area (TPSA) is 89.1 Å². The lowest BCUT2D eigenvalue weighted by Gasteiger charge is -2.03. The molecule has 3 aromatic heterocycles. The molecule has 3 heterocycles. The Kier molecular flexibility index (Phi) is 3.76. The standard InChI is InChI=1S/C14H15N5OS/c1-9-8-12(20)18-14(16-9)21-13-10(5-6-15)19-7-3-2-4-11(19)17-13/h2-4,7-8H,5-6,15H2,1H3,(H,16,18,20). The van der Waals surface area contributed by atoms with Gasteiger partial charge in [0.05, 0.1) is 5.69 Å². The molecule has 21 heavy (non-hydrogen) atoms. The molecule has 108 valence electrons. The Morgan fingerprint density at radius 3 is 3.00 bits per heavy atom. The summed E-state index contributed by atoms with van der Waals surface area (Å²) < 4.78 is 2.02. The average Bonchev–Trinajstić information content (AvgIpc) is 2.76. The lowest BCUT2D eigenvalue weighted by molar-refractivity contribution is 0.867. The first-order valence-electron chi connectivity index (χ1n) is 6.59. The minimum absolute atomic E-state index is 0.158. The van der Waals surface area contributed by atoms with Crippen LogP contribution in [-0.2, 0) is 6.42 Å². The van der Waals surface area contributed by atoms with Gasteiger partial charge in [-0.2, -0.15) is 0 Å². The summed E-state index contributed by atoms with van der Waals surface area (Å²) in [6.07, 6.45) is 2.67. The van der Waals surface area contributed by atoms with Crippen molar-refractivity contribution < 1.29 is 0 Å². The third-order valence-electron chi connectivity index (χ3n) is 3.01. The molecule has 0 aliphatic heterocycles. The lowest BCUT2D eigenvalue weighted by Crippen LogP contribution is -2.09. The van der Waals surface area contributed by atoms with Crippen LogP contribution >= 0.6 is 11.8 Å². The van der Waals surface area contributed by atoms with Gasteiger partial charge in [0.15, 0.2) is 5.16 Å². The van der Waals surface area contributed by atoms with Gasteiger partial charge < -0.3 is 15.1 Å². The molecule has 7 heteroatoms. The van der Waals surface area contributed by atoms with Crippen LogP contribution in [0.25, 0.3) is 5.65 Å². The normalized spacial score (nSPS) is 11.1. The number of fused-ring (bicyclic) bond motifs is 1. The number of aryl methyl sites for hydroxylation is 1. The molecule has 3 N–H and O–H groups in total. The summed E-state index contributed by atoms with van der Waals surface area (Å²) in [7, 11) is 0. The number of pyridine rings is 1. The smallest absolute Gasteiger partial charge is 0.251 e. The van der Waals surface area contributed by atoms with Gasteiger partial charge in [-0.15, -0.1) is 0 Å². The van der Waals surface area contributed by atoms with Crippen LogP contribution in [0.3, 0.4) is 0 Å². The number of hydrogen-bond acceptors (Lipinski definition) is 5. The summed E-state index contributed by atoms with van der Waals surface area (Å²) >= 11 is 1.35. The molecule has 0 amide bonds. The first-order valence-corrected chi connectivity index (χ1v) is 7.41. The molecule has 0 spiro atoms. The van der Waals surface area contributed by atoms with Gasteiger partial charge in [-0.3, -0.25) is 4.79 Å². The second-order valence-electron chi connectivity index (χ2n) is 4.63. The maximum Gasteiger partial charge on any atom is 0.251 e. The van der Waals surface area contributed by atoms with Gasteiger partial charge in [0, 0.05) is 24.4 Å². The van der Waals surface area contributed by atoms with Crippen LogP contribution < -0.4 is 11.3 Å². The highest BCUT2D eigenvalue weighted by molar-refractivity contribution is 7.99. The molecular weight excluding hydrogens is 286 g/mol. The van der Waals surface area contributed by atoms with E-state index in [-0.39, 0.29) is 5.56 Å². The summed E-state index contributed by atoms with van der Waals surface area (Å²) in [5, 5.41) is 1.36. The van der Waals surface area contributed by atoms with Crippen molar-refractivity contribution >= 4 is 17.4 Å². The highest BCUT2D eigenvalue weighted by Gasteiger charge is 2.13. The Morgan fingerprint density at radius 1 is 1.38 bits per heavy atom. The Morgan fingerprint density at radius 2 is 2.24 bits per heavy atom. The van der Waals surface area contributed by atoms with E-state index in [0.29, 0.717) is 23.8 Å². The van der Waals surface area contributed by atoms with Crippen LogP contribution in [0.2, 0.25) is 0 Å². The minimum Gasteiger partial charge on any atom is -0.330 e. The Labute approximate surface area is 125 Å². The van der Waals surface area contributed by atoms with Gasteiger partial charge in [0.2, 0.25) is 0 Å². The van der Waals surface area contributed by atoms with Crippen molar-refractivity contribution in [2.75, 3.05) is 6.54 Å². The fourth-order valence-electron chi connectivity index (χ4n) is 2.16.